The average molecular weight is 224 g/mol. The van der Waals surface area contributed by atoms with E-state index in [1.807, 2.05) is 6.92 Å². The average Bonchev–Trinajstić information content (AvgIpc) is 2.15. The van der Waals surface area contributed by atoms with Crippen LogP contribution in [0.4, 0.5) is 0 Å². The maximum atomic E-state index is 11.6. The zero-order valence-electron chi connectivity index (χ0n) is 10.6. The highest BCUT2D eigenvalue weighted by Gasteiger charge is 2.15. The molecule has 1 amide bonds. The Morgan fingerprint density at radius 3 is 2.50 bits per heavy atom. The second-order valence-electron chi connectivity index (χ2n) is 4.81. The van der Waals surface area contributed by atoms with Gasteiger partial charge in [0.15, 0.2) is 0 Å². The summed E-state index contributed by atoms with van der Waals surface area (Å²) in [6.07, 6.45) is 7.25. The van der Waals surface area contributed by atoms with Gasteiger partial charge in [-0.3, -0.25) is 4.79 Å². The summed E-state index contributed by atoms with van der Waals surface area (Å²) in [5, 5.41) is 2.88. The zero-order chi connectivity index (χ0) is 12.6. The molecule has 0 fully saturated rings. The molecule has 0 aliphatic heterocycles. The van der Waals surface area contributed by atoms with Crippen molar-refractivity contribution in [1.29, 1.82) is 0 Å². The SMILES string of the molecule is C#CCC(C)NC(=O)C[C@@H](CN)CC(C)C. The van der Waals surface area contributed by atoms with Crippen molar-refractivity contribution in [1.82, 2.24) is 5.32 Å². The smallest absolute Gasteiger partial charge is 0.220 e. The molecule has 0 saturated carbocycles. The Labute approximate surface area is 99.2 Å². The summed E-state index contributed by atoms with van der Waals surface area (Å²) in [6.45, 7) is 6.76. The third-order valence-electron chi connectivity index (χ3n) is 2.44. The van der Waals surface area contributed by atoms with E-state index in [0.29, 0.717) is 25.3 Å². The molecule has 92 valence electrons. The molecule has 0 rings (SSSR count). The zero-order valence-corrected chi connectivity index (χ0v) is 10.6. The fraction of sp³-hybridized carbons (Fsp3) is 0.769. The van der Waals surface area contributed by atoms with Crippen molar-refractivity contribution >= 4 is 5.91 Å². The largest absolute Gasteiger partial charge is 0.353 e. The fourth-order valence-electron chi connectivity index (χ4n) is 1.75. The predicted molar refractivity (Wildman–Crippen MR) is 67.7 cm³/mol. The summed E-state index contributed by atoms with van der Waals surface area (Å²) in [4.78, 5) is 11.6. The molecule has 3 N–H and O–H groups in total. The van der Waals surface area contributed by atoms with Gasteiger partial charge in [-0.25, -0.2) is 0 Å². The van der Waals surface area contributed by atoms with Gasteiger partial charge in [0.05, 0.1) is 0 Å². The molecule has 3 nitrogen and oxygen atoms in total. The summed E-state index contributed by atoms with van der Waals surface area (Å²) in [7, 11) is 0. The molecule has 0 aromatic rings. The first-order valence-electron chi connectivity index (χ1n) is 5.92. The van der Waals surface area contributed by atoms with E-state index in [2.05, 4.69) is 25.1 Å². The molecule has 16 heavy (non-hydrogen) atoms. The van der Waals surface area contributed by atoms with Crippen LogP contribution < -0.4 is 11.1 Å². The van der Waals surface area contributed by atoms with Crippen molar-refractivity contribution in [2.75, 3.05) is 6.54 Å². The van der Waals surface area contributed by atoms with Crippen LogP contribution in [0.25, 0.3) is 0 Å². The minimum absolute atomic E-state index is 0.0509. The third kappa shape index (κ3) is 7.30. The van der Waals surface area contributed by atoms with Gasteiger partial charge >= 0.3 is 0 Å². The molecule has 0 aromatic carbocycles. The van der Waals surface area contributed by atoms with Gasteiger partial charge in [-0.05, 0) is 31.7 Å². The molecule has 0 saturated heterocycles. The van der Waals surface area contributed by atoms with Crippen molar-refractivity contribution in [3.05, 3.63) is 0 Å². The molecule has 0 aliphatic carbocycles. The highest BCUT2D eigenvalue weighted by atomic mass is 16.1. The van der Waals surface area contributed by atoms with E-state index in [1.54, 1.807) is 0 Å². The molecule has 1 unspecified atom stereocenters. The van der Waals surface area contributed by atoms with E-state index in [-0.39, 0.29) is 17.9 Å². The highest BCUT2D eigenvalue weighted by Crippen LogP contribution is 2.14. The molecular formula is C13H24N2O. The van der Waals surface area contributed by atoms with Gasteiger partial charge in [0.1, 0.15) is 0 Å². The third-order valence-corrected chi connectivity index (χ3v) is 2.44. The molecular weight excluding hydrogens is 200 g/mol. The van der Waals surface area contributed by atoms with Crippen molar-refractivity contribution in [2.45, 2.75) is 46.1 Å². The van der Waals surface area contributed by atoms with Crippen LogP contribution in [0.5, 0.6) is 0 Å². The maximum Gasteiger partial charge on any atom is 0.220 e. The monoisotopic (exact) mass is 224 g/mol. The van der Waals surface area contributed by atoms with E-state index in [1.165, 1.54) is 0 Å². The Kier molecular flexibility index (Phi) is 7.66. The summed E-state index contributed by atoms with van der Waals surface area (Å²) in [5.74, 6) is 3.44. The molecule has 0 spiro atoms. The van der Waals surface area contributed by atoms with Gasteiger partial charge < -0.3 is 11.1 Å². The molecule has 0 bridgehead atoms. The van der Waals surface area contributed by atoms with Crippen LogP contribution in [0.2, 0.25) is 0 Å². The van der Waals surface area contributed by atoms with Gasteiger partial charge in [0, 0.05) is 18.9 Å². The van der Waals surface area contributed by atoms with Crippen LogP contribution in [-0.4, -0.2) is 18.5 Å². The second kappa shape index (κ2) is 8.18. The lowest BCUT2D eigenvalue weighted by Gasteiger charge is -2.18. The molecule has 0 heterocycles. The molecule has 2 atom stereocenters. The first kappa shape index (κ1) is 15.0. The van der Waals surface area contributed by atoms with Gasteiger partial charge in [0.2, 0.25) is 5.91 Å². The lowest BCUT2D eigenvalue weighted by Crippen LogP contribution is -2.34. The topological polar surface area (TPSA) is 55.1 Å². The van der Waals surface area contributed by atoms with Gasteiger partial charge in [-0.1, -0.05) is 13.8 Å². The number of terminal acetylenes is 1. The number of carbonyl (C=O) groups excluding carboxylic acids is 1. The van der Waals surface area contributed by atoms with Crippen LogP contribution >= 0.6 is 0 Å². The fourth-order valence-corrected chi connectivity index (χ4v) is 1.75. The number of hydrogen-bond acceptors (Lipinski definition) is 2. The number of hydrogen-bond donors (Lipinski definition) is 2. The molecule has 0 aromatic heterocycles. The Bertz CT molecular complexity index is 243. The van der Waals surface area contributed by atoms with Crippen molar-refractivity contribution < 1.29 is 4.79 Å². The van der Waals surface area contributed by atoms with Crippen molar-refractivity contribution in [2.24, 2.45) is 17.6 Å². The number of rotatable bonds is 7. The molecule has 0 radical (unpaired) electrons. The Hall–Kier alpha value is -1.01. The molecule has 0 aliphatic rings. The lowest BCUT2D eigenvalue weighted by atomic mass is 9.94. The maximum absolute atomic E-state index is 11.6. The highest BCUT2D eigenvalue weighted by molar-refractivity contribution is 5.76. The standard InChI is InChI=1S/C13H24N2O/c1-5-6-11(4)15-13(16)8-12(9-14)7-10(2)3/h1,10-12H,6-9,14H2,2-4H3,(H,15,16)/t11?,12-/m0/s1. The number of nitrogens with one attached hydrogen (secondary N) is 1. The second-order valence-corrected chi connectivity index (χ2v) is 4.81. The normalized spacial score (nSPS) is 14.2. The van der Waals surface area contributed by atoms with Gasteiger partial charge in [-0.15, -0.1) is 12.3 Å². The first-order valence-corrected chi connectivity index (χ1v) is 5.92. The van der Waals surface area contributed by atoms with Gasteiger partial charge in [-0.2, -0.15) is 0 Å². The summed E-state index contributed by atoms with van der Waals surface area (Å²) in [5.41, 5.74) is 5.65. The number of carbonyl (C=O) groups is 1. The van der Waals surface area contributed by atoms with E-state index in [9.17, 15) is 4.79 Å². The van der Waals surface area contributed by atoms with Crippen LogP contribution in [0.3, 0.4) is 0 Å². The van der Waals surface area contributed by atoms with E-state index in [4.69, 9.17) is 12.2 Å². The van der Waals surface area contributed by atoms with Crippen LogP contribution in [0.15, 0.2) is 0 Å². The summed E-state index contributed by atoms with van der Waals surface area (Å²) in [6, 6.07) is 0.0509. The first-order chi connectivity index (χ1) is 7.49. The minimum Gasteiger partial charge on any atom is -0.353 e. The number of amides is 1. The van der Waals surface area contributed by atoms with E-state index >= 15 is 0 Å². The minimum atomic E-state index is 0.0509. The lowest BCUT2D eigenvalue weighted by molar-refractivity contribution is -0.122. The van der Waals surface area contributed by atoms with Gasteiger partial charge in [0.25, 0.3) is 0 Å². The van der Waals surface area contributed by atoms with Crippen LogP contribution in [0.1, 0.15) is 40.0 Å². The van der Waals surface area contributed by atoms with Crippen LogP contribution in [-0.2, 0) is 4.79 Å². The predicted octanol–water partition coefficient (Wildman–Crippen LogP) is 1.53. The number of nitrogens with two attached hydrogens (primary N) is 1. The molecule has 3 heteroatoms. The Balaban J connectivity index is 3.96. The van der Waals surface area contributed by atoms with Crippen molar-refractivity contribution in [3.8, 4) is 12.3 Å². The van der Waals surface area contributed by atoms with E-state index in [0.717, 1.165) is 6.42 Å². The Morgan fingerprint density at radius 1 is 1.44 bits per heavy atom. The quantitative estimate of drug-likeness (QED) is 0.644. The van der Waals surface area contributed by atoms with Crippen molar-refractivity contribution in [3.63, 3.8) is 0 Å². The van der Waals surface area contributed by atoms with Crippen LogP contribution in [0, 0.1) is 24.2 Å². The summed E-state index contributed by atoms with van der Waals surface area (Å²) < 4.78 is 0. The van der Waals surface area contributed by atoms with E-state index < -0.39 is 0 Å². The Morgan fingerprint density at radius 2 is 2.06 bits per heavy atom. The summed E-state index contributed by atoms with van der Waals surface area (Å²) >= 11 is 0.